The zero-order valence-corrected chi connectivity index (χ0v) is 9.39. The summed E-state index contributed by atoms with van der Waals surface area (Å²) in [5, 5.41) is 3.16. The summed E-state index contributed by atoms with van der Waals surface area (Å²) in [6.45, 7) is 9.88. The van der Waals surface area contributed by atoms with Crippen LogP contribution in [0.25, 0.3) is 0 Å². The number of rotatable bonds is 1. The second-order valence-corrected chi connectivity index (χ2v) is 2.43. The lowest BCUT2D eigenvalue weighted by Crippen LogP contribution is -2.34. The number of hydrogen-bond acceptors (Lipinski definition) is 2. The number of nitrogens with one attached hydrogen (secondary N) is 1. The Bertz CT molecular complexity index is 115. The van der Waals surface area contributed by atoms with E-state index in [1.807, 2.05) is 27.7 Å². The molecule has 1 rings (SSSR count). The maximum atomic E-state index is 10.5. The van der Waals surface area contributed by atoms with Crippen LogP contribution in [0.4, 0.5) is 0 Å². The van der Waals surface area contributed by atoms with E-state index in [9.17, 15) is 4.79 Å². The minimum Gasteiger partial charge on any atom is -0.369 e. The molecule has 0 saturated carbocycles. The van der Waals surface area contributed by atoms with Crippen molar-refractivity contribution in [1.29, 1.82) is 0 Å². The summed E-state index contributed by atoms with van der Waals surface area (Å²) in [7, 11) is 0. The molecular formula is C10H26N2O. The minimum atomic E-state index is -0.142. The van der Waals surface area contributed by atoms with E-state index in [0.29, 0.717) is 0 Å². The van der Waals surface area contributed by atoms with Gasteiger partial charge in [-0.2, -0.15) is 0 Å². The van der Waals surface area contributed by atoms with Gasteiger partial charge < -0.3 is 11.1 Å². The summed E-state index contributed by atoms with van der Waals surface area (Å²) in [6.07, 6.45) is 1.82. The Morgan fingerprint density at radius 2 is 1.62 bits per heavy atom. The maximum Gasteiger partial charge on any atom is 0.220 e. The van der Waals surface area contributed by atoms with Crippen LogP contribution in [0.1, 0.15) is 42.0 Å². The van der Waals surface area contributed by atoms with E-state index < -0.39 is 0 Å². The Morgan fingerprint density at radius 1 is 1.23 bits per heavy atom. The molecule has 0 aliphatic carbocycles. The highest BCUT2D eigenvalue weighted by Gasteiger charge is 2.17. The van der Waals surface area contributed by atoms with Gasteiger partial charge in [-0.05, 0) is 25.9 Å². The lowest BCUT2D eigenvalue weighted by atomic mass is 9.98. The highest BCUT2D eigenvalue weighted by atomic mass is 16.1. The summed E-state index contributed by atoms with van der Waals surface area (Å²) >= 11 is 0. The molecule has 0 unspecified atom stereocenters. The van der Waals surface area contributed by atoms with E-state index in [-0.39, 0.29) is 13.3 Å². The fourth-order valence-corrected chi connectivity index (χ4v) is 1.11. The lowest BCUT2D eigenvalue weighted by Gasteiger charge is -2.18. The first-order chi connectivity index (χ1) is 6.30. The standard InChI is InChI=1S/C6H12N2O.2C2H6.H2/c7-6(9)5-1-3-8-4-2-5;2*1-2;/h5,8H,1-4H2,(H2,7,9);2*1-2H3;1H. The fraction of sp³-hybridized carbons (Fsp3) is 0.900. The third-order valence-electron chi connectivity index (χ3n) is 1.74. The zero-order chi connectivity index (χ0) is 10.7. The van der Waals surface area contributed by atoms with Gasteiger partial charge in [0.05, 0.1) is 0 Å². The molecule has 1 amide bonds. The van der Waals surface area contributed by atoms with Crippen LogP contribution < -0.4 is 11.1 Å². The van der Waals surface area contributed by atoms with Gasteiger partial charge in [-0.25, -0.2) is 0 Å². The van der Waals surface area contributed by atoms with Crippen LogP contribution in [-0.2, 0) is 4.79 Å². The number of piperidine rings is 1. The third-order valence-corrected chi connectivity index (χ3v) is 1.74. The molecule has 1 saturated heterocycles. The summed E-state index contributed by atoms with van der Waals surface area (Å²) in [5.74, 6) is -0.0113. The van der Waals surface area contributed by atoms with Gasteiger partial charge in [0.1, 0.15) is 0 Å². The molecule has 1 fully saturated rings. The van der Waals surface area contributed by atoms with Crippen molar-refractivity contribution in [3.05, 3.63) is 0 Å². The van der Waals surface area contributed by atoms with Crippen LogP contribution in [0.5, 0.6) is 0 Å². The average molecular weight is 190 g/mol. The van der Waals surface area contributed by atoms with Crippen molar-refractivity contribution < 1.29 is 6.22 Å². The number of hydrogen-bond donors (Lipinski definition) is 2. The molecule has 0 radical (unpaired) electrons. The van der Waals surface area contributed by atoms with Gasteiger partial charge in [-0.3, -0.25) is 4.79 Å². The highest BCUT2D eigenvalue weighted by molar-refractivity contribution is 5.76. The first-order valence-electron chi connectivity index (χ1n) is 5.31. The SMILES string of the molecule is CC.CC.NC(=O)C1CCNCC1.[HH]. The van der Waals surface area contributed by atoms with Gasteiger partial charge in [-0.1, -0.05) is 27.7 Å². The van der Waals surface area contributed by atoms with Gasteiger partial charge >= 0.3 is 0 Å². The monoisotopic (exact) mass is 190 g/mol. The molecule has 82 valence electrons. The predicted molar refractivity (Wildman–Crippen MR) is 59.6 cm³/mol. The smallest absolute Gasteiger partial charge is 0.220 e. The zero-order valence-electron chi connectivity index (χ0n) is 9.39. The van der Waals surface area contributed by atoms with Crippen molar-refractivity contribution in [3.63, 3.8) is 0 Å². The Hall–Kier alpha value is -0.570. The number of nitrogens with two attached hydrogens (primary N) is 1. The molecule has 13 heavy (non-hydrogen) atoms. The highest BCUT2D eigenvalue weighted by Crippen LogP contribution is 2.09. The van der Waals surface area contributed by atoms with Crippen LogP contribution >= 0.6 is 0 Å². The molecule has 1 heterocycles. The molecule has 3 N–H and O–H groups in total. The van der Waals surface area contributed by atoms with Crippen molar-refractivity contribution in [3.8, 4) is 0 Å². The number of carbonyl (C=O) groups is 1. The van der Waals surface area contributed by atoms with Gasteiger partial charge in [0.2, 0.25) is 5.91 Å². The number of primary amides is 1. The first kappa shape index (κ1) is 14.9. The van der Waals surface area contributed by atoms with Crippen LogP contribution in [0, 0.1) is 5.92 Å². The topological polar surface area (TPSA) is 55.1 Å². The molecule has 3 nitrogen and oxygen atoms in total. The first-order valence-corrected chi connectivity index (χ1v) is 5.31. The van der Waals surface area contributed by atoms with Crippen molar-refractivity contribution in [2.75, 3.05) is 13.1 Å². The molecule has 0 aromatic rings. The normalized spacial score (nSPS) is 16.0. The molecule has 0 aromatic heterocycles. The Morgan fingerprint density at radius 3 is 1.85 bits per heavy atom. The molecular weight excluding hydrogens is 164 g/mol. The van der Waals surface area contributed by atoms with E-state index in [0.717, 1.165) is 25.9 Å². The number of amides is 1. The van der Waals surface area contributed by atoms with E-state index in [2.05, 4.69) is 5.32 Å². The summed E-state index contributed by atoms with van der Waals surface area (Å²) in [6, 6.07) is 0. The van der Waals surface area contributed by atoms with Crippen LogP contribution in [0.15, 0.2) is 0 Å². The van der Waals surface area contributed by atoms with Crippen molar-refractivity contribution in [2.45, 2.75) is 40.5 Å². The van der Waals surface area contributed by atoms with Crippen molar-refractivity contribution in [2.24, 2.45) is 11.7 Å². The summed E-state index contributed by atoms with van der Waals surface area (Å²) in [5.41, 5.74) is 5.10. The van der Waals surface area contributed by atoms with Crippen LogP contribution in [0.3, 0.4) is 0 Å². The minimum absolute atomic E-state index is 0. The second-order valence-electron chi connectivity index (χ2n) is 2.43. The quantitative estimate of drug-likeness (QED) is 0.662. The Balaban J connectivity index is -0.000000216. The molecule has 1 aliphatic rings. The van der Waals surface area contributed by atoms with Crippen LogP contribution in [0.2, 0.25) is 0 Å². The maximum absolute atomic E-state index is 10.5. The van der Waals surface area contributed by atoms with Crippen LogP contribution in [-0.4, -0.2) is 19.0 Å². The summed E-state index contributed by atoms with van der Waals surface area (Å²) in [4.78, 5) is 10.5. The Labute approximate surface area is 83.6 Å². The van der Waals surface area contributed by atoms with Crippen molar-refractivity contribution in [1.82, 2.24) is 5.32 Å². The average Bonchev–Trinajstić information content (AvgIpc) is 2.25. The number of carbonyl (C=O) groups excluding carboxylic acids is 1. The second kappa shape index (κ2) is 11.4. The van der Waals surface area contributed by atoms with Gasteiger partial charge in [0.25, 0.3) is 0 Å². The predicted octanol–water partition coefficient (Wildman–Crippen LogP) is 1.77. The fourth-order valence-electron chi connectivity index (χ4n) is 1.11. The van der Waals surface area contributed by atoms with E-state index in [1.165, 1.54) is 0 Å². The molecule has 0 spiro atoms. The molecule has 1 aliphatic heterocycles. The van der Waals surface area contributed by atoms with Crippen molar-refractivity contribution >= 4 is 5.91 Å². The molecule has 0 atom stereocenters. The molecule has 0 bridgehead atoms. The lowest BCUT2D eigenvalue weighted by molar-refractivity contribution is -0.122. The van der Waals surface area contributed by atoms with E-state index >= 15 is 0 Å². The van der Waals surface area contributed by atoms with E-state index in [1.54, 1.807) is 0 Å². The largest absolute Gasteiger partial charge is 0.369 e. The Kier molecular flexibility index (Phi) is 13.1. The summed E-state index contributed by atoms with van der Waals surface area (Å²) < 4.78 is 0. The molecule has 0 aromatic carbocycles. The third kappa shape index (κ3) is 7.78. The molecule has 3 heteroatoms. The van der Waals surface area contributed by atoms with Gasteiger partial charge in [0, 0.05) is 7.34 Å². The van der Waals surface area contributed by atoms with Gasteiger partial charge in [-0.15, -0.1) is 0 Å². The van der Waals surface area contributed by atoms with Gasteiger partial charge in [0.15, 0.2) is 0 Å². The van der Waals surface area contributed by atoms with E-state index in [4.69, 9.17) is 5.73 Å².